The Bertz CT molecular complexity index is 362. The Morgan fingerprint density at radius 1 is 1.16 bits per heavy atom. The van der Waals surface area contributed by atoms with E-state index in [9.17, 15) is 28.4 Å². The first-order chi connectivity index (χ1) is 7.47. The molecule has 12 heteroatoms. The van der Waals surface area contributed by atoms with Gasteiger partial charge in [0.05, 0.1) is 0 Å². The van der Waals surface area contributed by atoms with Crippen molar-refractivity contribution in [3.8, 4) is 0 Å². The fraction of sp³-hybridized carbons (Fsp3) is 1.00. The Labute approximate surface area is 154 Å². The maximum atomic E-state index is 12.8. The molecule has 0 spiro atoms. The van der Waals surface area contributed by atoms with Crippen LogP contribution in [0.4, 0.5) is 4.39 Å². The normalized spacial score (nSPS) is 32.1. The number of hydrogen-bond donors (Lipinski definition) is 3. The number of halogens is 1. The van der Waals surface area contributed by atoms with Crippen LogP contribution in [0.1, 0.15) is 25.7 Å². The van der Waals surface area contributed by atoms with Gasteiger partial charge in [0.25, 0.3) is 0 Å². The second-order valence-electron chi connectivity index (χ2n) is 4.30. The Morgan fingerprint density at radius 2 is 1.58 bits per heavy atom. The summed E-state index contributed by atoms with van der Waals surface area (Å²) < 4.78 is 34.6. The molecule has 0 aromatic heterocycles. The van der Waals surface area contributed by atoms with Crippen molar-refractivity contribution in [1.29, 1.82) is 0 Å². The van der Waals surface area contributed by atoms with Gasteiger partial charge in [-0.05, 0) is 31.6 Å². The fourth-order valence-corrected chi connectivity index (χ4v) is 4.23. The third-order valence-electron chi connectivity index (χ3n) is 2.94. The van der Waals surface area contributed by atoms with E-state index in [2.05, 4.69) is 0 Å². The predicted molar refractivity (Wildman–Crippen MR) is 51.5 cm³/mol. The van der Waals surface area contributed by atoms with E-state index in [1.807, 2.05) is 0 Å². The summed E-state index contributed by atoms with van der Waals surface area (Å²) in [6, 6.07) is 0. The molecule has 1 aliphatic carbocycles. The van der Waals surface area contributed by atoms with Gasteiger partial charge in [0.2, 0.25) is 0 Å². The molecule has 0 heterocycles. The zero-order chi connectivity index (χ0) is 13.5. The van der Waals surface area contributed by atoms with Crippen LogP contribution in [0.15, 0.2) is 0 Å². The van der Waals surface area contributed by atoms with E-state index in [-0.39, 0.29) is 78.4 Å². The smallest absolute Gasteiger partial charge is 0.776 e. The average molecular weight is 336 g/mol. The van der Waals surface area contributed by atoms with Crippen molar-refractivity contribution in [1.82, 2.24) is 0 Å². The Hall–Kier alpha value is 2.19. The summed E-state index contributed by atoms with van der Waals surface area (Å²) in [6.07, 6.45) is -1.92. The first-order valence-electron chi connectivity index (χ1n) is 4.91. The summed E-state index contributed by atoms with van der Waals surface area (Å²) in [6.45, 7) is 0. The molecule has 102 valence electrons. The molecule has 0 saturated heterocycles. The van der Waals surface area contributed by atoms with Gasteiger partial charge >= 0.3 is 59.1 Å². The van der Waals surface area contributed by atoms with E-state index in [4.69, 9.17) is 9.79 Å². The van der Waals surface area contributed by atoms with E-state index < -0.39 is 38.8 Å². The summed E-state index contributed by atoms with van der Waals surface area (Å²) in [4.78, 5) is 39.2. The number of hydrogen-bond acceptors (Lipinski definition) is 5. The van der Waals surface area contributed by atoms with Gasteiger partial charge in [0, 0.05) is 0 Å². The van der Waals surface area contributed by atoms with E-state index >= 15 is 0 Å². The SMILES string of the molecule is O=P([O-])(O)C(O)(C[C@@H]1CC[C@@H](F)C1)P(=O)([O-])O.[Na+].[Na+]. The Kier molecular flexibility index (Phi) is 10.1. The fourth-order valence-electron chi connectivity index (χ4n) is 1.98. The molecule has 0 aromatic rings. The van der Waals surface area contributed by atoms with Crippen molar-refractivity contribution in [2.45, 2.75) is 36.9 Å². The molecule has 4 atom stereocenters. The first kappa shape index (κ1) is 23.5. The summed E-state index contributed by atoms with van der Waals surface area (Å²) in [7, 11) is -11.4. The molecule has 0 bridgehead atoms. The van der Waals surface area contributed by atoms with Crippen molar-refractivity contribution in [3.63, 3.8) is 0 Å². The molecule has 0 amide bonds. The number of alkyl halides is 1. The molecule has 1 fully saturated rings. The van der Waals surface area contributed by atoms with Crippen LogP contribution in [0, 0.1) is 5.92 Å². The third kappa shape index (κ3) is 5.71. The molecule has 19 heavy (non-hydrogen) atoms. The molecular weight excluding hydrogens is 323 g/mol. The van der Waals surface area contributed by atoms with E-state index in [0.29, 0.717) is 0 Å². The topological polar surface area (TPSA) is 141 Å². The molecule has 0 radical (unpaired) electrons. The minimum absolute atomic E-state index is 0. The van der Waals surface area contributed by atoms with Crippen LogP contribution < -0.4 is 68.9 Å². The van der Waals surface area contributed by atoms with Crippen molar-refractivity contribution in [3.05, 3.63) is 0 Å². The van der Waals surface area contributed by atoms with Gasteiger partial charge in [-0.25, -0.2) is 4.39 Å². The van der Waals surface area contributed by atoms with Gasteiger partial charge in [-0.1, -0.05) is 0 Å². The Balaban J connectivity index is 0. The minimum Gasteiger partial charge on any atom is -0.776 e. The van der Waals surface area contributed by atoms with Crippen molar-refractivity contribution in [2.75, 3.05) is 0 Å². The van der Waals surface area contributed by atoms with Crippen LogP contribution in [-0.2, 0) is 9.13 Å². The quantitative estimate of drug-likeness (QED) is 0.342. The average Bonchev–Trinajstić information content (AvgIpc) is 2.47. The van der Waals surface area contributed by atoms with Gasteiger partial charge in [0.1, 0.15) is 6.17 Å². The Morgan fingerprint density at radius 3 is 1.84 bits per heavy atom. The molecular formula is C7H13FNa2O7P2. The summed E-state index contributed by atoms with van der Waals surface area (Å²) >= 11 is 0. The summed E-state index contributed by atoms with van der Waals surface area (Å²) in [5.74, 6) is -0.723. The predicted octanol–water partition coefficient (Wildman–Crippen LogP) is -6.74. The van der Waals surface area contributed by atoms with E-state index in [1.54, 1.807) is 0 Å². The van der Waals surface area contributed by atoms with Crippen LogP contribution in [0.25, 0.3) is 0 Å². The monoisotopic (exact) mass is 336 g/mol. The number of rotatable bonds is 4. The molecule has 0 aliphatic heterocycles. The van der Waals surface area contributed by atoms with Crippen LogP contribution >= 0.6 is 15.2 Å². The number of aliphatic hydroxyl groups is 1. The molecule has 3 N–H and O–H groups in total. The zero-order valence-corrected chi connectivity index (χ0v) is 16.5. The van der Waals surface area contributed by atoms with Crippen molar-refractivity contribution >= 4 is 15.2 Å². The second kappa shape index (κ2) is 8.16. The second-order valence-corrected chi connectivity index (χ2v) is 8.21. The van der Waals surface area contributed by atoms with E-state index in [0.717, 1.165) is 0 Å². The van der Waals surface area contributed by atoms with Gasteiger partial charge in [-0.15, -0.1) is 0 Å². The zero-order valence-electron chi connectivity index (χ0n) is 10.7. The minimum atomic E-state index is -5.72. The van der Waals surface area contributed by atoms with Crippen molar-refractivity contribution in [2.24, 2.45) is 5.92 Å². The molecule has 7 nitrogen and oxygen atoms in total. The van der Waals surface area contributed by atoms with E-state index in [1.165, 1.54) is 0 Å². The van der Waals surface area contributed by atoms with Crippen LogP contribution in [0.2, 0.25) is 0 Å². The standard InChI is InChI=1S/C7H15FO7P2.2Na/c8-6-2-1-5(3-6)4-7(9,16(10,11)12)17(13,14)15;;/h5-6,9H,1-4H2,(H2,10,11,12)(H2,13,14,15);;/q;2*+1/p-2/t5-,6-;;/m1../s1. The molecule has 2 unspecified atom stereocenters. The third-order valence-corrected chi connectivity index (χ3v) is 6.64. The van der Waals surface area contributed by atoms with Crippen LogP contribution in [0.5, 0.6) is 0 Å². The van der Waals surface area contributed by atoms with Gasteiger partial charge in [-0.2, -0.15) is 0 Å². The largest absolute Gasteiger partial charge is 1.00 e. The molecule has 1 aliphatic rings. The van der Waals surface area contributed by atoms with Crippen molar-refractivity contribution < 1.29 is 97.3 Å². The maximum Gasteiger partial charge on any atom is 1.00 e. The van der Waals surface area contributed by atoms with Crippen LogP contribution in [0.3, 0.4) is 0 Å². The van der Waals surface area contributed by atoms with Gasteiger partial charge in [0.15, 0.2) is 20.3 Å². The van der Waals surface area contributed by atoms with Gasteiger partial charge < -0.3 is 33.8 Å². The maximum absolute atomic E-state index is 12.8. The molecule has 1 saturated carbocycles. The summed E-state index contributed by atoms with van der Waals surface area (Å²) in [5.41, 5.74) is 0. The molecule has 1 rings (SSSR count). The summed E-state index contributed by atoms with van der Waals surface area (Å²) in [5, 5.41) is 5.83. The van der Waals surface area contributed by atoms with Gasteiger partial charge in [-0.3, -0.25) is 0 Å². The first-order valence-corrected chi connectivity index (χ1v) is 8.07. The molecule has 0 aromatic carbocycles. The van der Waals surface area contributed by atoms with Crippen LogP contribution in [-0.4, -0.2) is 26.1 Å².